The van der Waals surface area contributed by atoms with Crippen LogP contribution in [0.4, 0.5) is 15.8 Å². The SMILES string of the molecule is Cc1cc(NCC(C)C(C)C)c([N+](=O)[O-])cc1F. The molecule has 4 nitrogen and oxygen atoms in total. The van der Waals surface area contributed by atoms with Crippen molar-refractivity contribution in [1.29, 1.82) is 0 Å². The first-order valence-electron chi connectivity index (χ1n) is 6.01. The van der Waals surface area contributed by atoms with Gasteiger partial charge in [-0.25, -0.2) is 4.39 Å². The van der Waals surface area contributed by atoms with E-state index < -0.39 is 10.7 Å². The summed E-state index contributed by atoms with van der Waals surface area (Å²) in [5.74, 6) is 0.317. The average Bonchev–Trinajstić information content (AvgIpc) is 2.29. The van der Waals surface area contributed by atoms with Crippen LogP contribution < -0.4 is 5.32 Å². The third-order valence-corrected chi connectivity index (χ3v) is 3.23. The molecule has 0 aromatic heterocycles. The predicted molar refractivity (Wildman–Crippen MR) is 70.3 cm³/mol. The molecule has 0 amide bonds. The molecule has 0 saturated heterocycles. The molecule has 18 heavy (non-hydrogen) atoms. The van der Waals surface area contributed by atoms with Gasteiger partial charge in [-0.2, -0.15) is 0 Å². The van der Waals surface area contributed by atoms with Gasteiger partial charge in [-0.1, -0.05) is 20.8 Å². The molecule has 0 heterocycles. The Balaban J connectivity index is 2.93. The summed E-state index contributed by atoms with van der Waals surface area (Å²) in [5.41, 5.74) is 0.570. The van der Waals surface area contributed by atoms with Crippen molar-refractivity contribution in [2.24, 2.45) is 11.8 Å². The van der Waals surface area contributed by atoms with Crippen LogP contribution in [0.25, 0.3) is 0 Å². The Bertz CT molecular complexity index is 447. The number of nitrogens with zero attached hydrogens (tertiary/aromatic N) is 1. The van der Waals surface area contributed by atoms with Crippen LogP contribution in [0.15, 0.2) is 12.1 Å². The van der Waals surface area contributed by atoms with E-state index in [9.17, 15) is 14.5 Å². The summed E-state index contributed by atoms with van der Waals surface area (Å²) in [7, 11) is 0. The molecule has 0 aliphatic carbocycles. The van der Waals surface area contributed by atoms with Crippen LogP contribution >= 0.6 is 0 Å². The highest BCUT2D eigenvalue weighted by molar-refractivity contribution is 5.63. The van der Waals surface area contributed by atoms with Gasteiger partial charge in [0, 0.05) is 6.54 Å². The molecule has 1 aromatic rings. The van der Waals surface area contributed by atoms with Crippen molar-refractivity contribution in [3.63, 3.8) is 0 Å². The Kier molecular flexibility index (Phi) is 4.64. The Labute approximate surface area is 106 Å². The molecule has 1 N–H and O–H groups in total. The van der Waals surface area contributed by atoms with E-state index >= 15 is 0 Å². The van der Waals surface area contributed by atoms with Gasteiger partial charge in [-0.15, -0.1) is 0 Å². The van der Waals surface area contributed by atoms with Gasteiger partial charge in [-0.3, -0.25) is 10.1 Å². The summed E-state index contributed by atoms with van der Waals surface area (Å²) in [6.07, 6.45) is 0. The number of hydrogen-bond donors (Lipinski definition) is 1. The number of nitrogens with one attached hydrogen (secondary N) is 1. The van der Waals surface area contributed by atoms with Crippen molar-refractivity contribution in [3.05, 3.63) is 33.6 Å². The standard InChI is InChI=1S/C13H19FN2O2/c1-8(2)10(4)7-15-12-5-9(3)11(14)6-13(12)16(17)18/h5-6,8,10,15H,7H2,1-4H3. The summed E-state index contributed by atoms with van der Waals surface area (Å²) < 4.78 is 13.3. The fraction of sp³-hybridized carbons (Fsp3) is 0.538. The smallest absolute Gasteiger partial charge is 0.295 e. The number of halogens is 1. The van der Waals surface area contributed by atoms with Crippen molar-refractivity contribution in [1.82, 2.24) is 0 Å². The molecule has 0 aliphatic heterocycles. The van der Waals surface area contributed by atoms with Crippen molar-refractivity contribution >= 4 is 11.4 Å². The monoisotopic (exact) mass is 254 g/mol. The maximum Gasteiger partial charge on any atom is 0.295 e. The third-order valence-electron chi connectivity index (χ3n) is 3.23. The minimum Gasteiger partial charge on any atom is -0.379 e. The summed E-state index contributed by atoms with van der Waals surface area (Å²) in [5, 5.41) is 13.9. The van der Waals surface area contributed by atoms with E-state index in [0.29, 0.717) is 29.6 Å². The van der Waals surface area contributed by atoms with E-state index in [1.807, 2.05) is 0 Å². The molecular weight excluding hydrogens is 235 g/mol. The summed E-state index contributed by atoms with van der Waals surface area (Å²) in [4.78, 5) is 10.3. The van der Waals surface area contributed by atoms with E-state index in [2.05, 4.69) is 26.1 Å². The van der Waals surface area contributed by atoms with Crippen LogP contribution in [0.2, 0.25) is 0 Å². The van der Waals surface area contributed by atoms with Crippen LogP contribution in [0.1, 0.15) is 26.3 Å². The molecule has 0 radical (unpaired) electrons. The Morgan fingerprint density at radius 1 is 1.39 bits per heavy atom. The number of anilines is 1. The van der Waals surface area contributed by atoms with E-state index in [1.165, 1.54) is 6.07 Å². The van der Waals surface area contributed by atoms with Crippen LogP contribution in [-0.4, -0.2) is 11.5 Å². The van der Waals surface area contributed by atoms with Gasteiger partial charge in [0.05, 0.1) is 11.0 Å². The minimum atomic E-state index is -0.565. The van der Waals surface area contributed by atoms with Gasteiger partial charge in [0.25, 0.3) is 5.69 Å². The molecule has 0 aliphatic rings. The number of nitro benzene ring substituents is 1. The highest BCUT2D eigenvalue weighted by Gasteiger charge is 2.17. The van der Waals surface area contributed by atoms with Gasteiger partial charge in [0.15, 0.2) is 0 Å². The Morgan fingerprint density at radius 2 is 2.00 bits per heavy atom. The van der Waals surface area contributed by atoms with E-state index in [0.717, 1.165) is 6.07 Å². The van der Waals surface area contributed by atoms with Gasteiger partial charge < -0.3 is 5.32 Å². The number of nitro groups is 1. The van der Waals surface area contributed by atoms with Crippen LogP contribution in [0, 0.1) is 34.7 Å². The molecule has 100 valence electrons. The number of aryl methyl sites for hydroxylation is 1. The molecule has 0 fully saturated rings. The van der Waals surface area contributed by atoms with Crippen molar-refractivity contribution in [2.75, 3.05) is 11.9 Å². The zero-order valence-electron chi connectivity index (χ0n) is 11.2. The lowest BCUT2D eigenvalue weighted by Crippen LogP contribution is -2.17. The highest BCUT2D eigenvalue weighted by Crippen LogP contribution is 2.28. The first-order valence-corrected chi connectivity index (χ1v) is 6.01. The number of rotatable bonds is 5. The van der Waals surface area contributed by atoms with Crippen molar-refractivity contribution < 1.29 is 9.31 Å². The van der Waals surface area contributed by atoms with Gasteiger partial charge >= 0.3 is 0 Å². The molecule has 5 heteroatoms. The Hall–Kier alpha value is -1.65. The van der Waals surface area contributed by atoms with E-state index in [1.54, 1.807) is 6.92 Å². The average molecular weight is 254 g/mol. The van der Waals surface area contributed by atoms with E-state index in [-0.39, 0.29) is 5.69 Å². The second kappa shape index (κ2) is 5.80. The fourth-order valence-corrected chi connectivity index (χ4v) is 1.47. The van der Waals surface area contributed by atoms with Gasteiger partial charge in [0.2, 0.25) is 0 Å². The van der Waals surface area contributed by atoms with Gasteiger partial charge in [-0.05, 0) is 30.4 Å². The maximum atomic E-state index is 13.3. The molecule has 0 saturated carbocycles. The van der Waals surface area contributed by atoms with Gasteiger partial charge in [0.1, 0.15) is 11.5 Å². The van der Waals surface area contributed by atoms with Crippen molar-refractivity contribution in [3.8, 4) is 0 Å². The van der Waals surface area contributed by atoms with Crippen LogP contribution in [0.5, 0.6) is 0 Å². The second-order valence-corrected chi connectivity index (χ2v) is 4.98. The number of benzene rings is 1. The molecule has 0 bridgehead atoms. The predicted octanol–water partition coefficient (Wildman–Crippen LogP) is 3.75. The largest absolute Gasteiger partial charge is 0.379 e. The molecule has 0 spiro atoms. The highest BCUT2D eigenvalue weighted by atomic mass is 19.1. The maximum absolute atomic E-state index is 13.3. The minimum absolute atomic E-state index is 0.214. The Morgan fingerprint density at radius 3 is 2.50 bits per heavy atom. The quantitative estimate of drug-likeness (QED) is 0.643. The molecular formula is C13H19FN2O2. The van der Waals surface area contributed by atoms with E-state index in [4.69, 9.17) is 0 Å². The summed E-state index contributed by atoms with van der Waals surface area (Å²) >= 11 is 0. The zero-order valence-corrected chi connectivity index (χ0v) is 11.2. The first-order chi connectivity index (χ1) is 8.32. The summed E-state index contributed by atoms with van der Waals surface area (Å²) in [6, 6.07) is 2.46. The fourth-order valence-electron chi connectivity index (χ4n) is 1.47. The first kappa shape index (κ1) is 14.4. The molecule has 1 unspecified atom stereocenters. The normalized spacial score (nSPS) is 12.6. The lowest BCUT2D eigenvalue weighted by molar-refractivity contribution is -0.384. The summed E-state index contributed by atoms with van der Waals surface area (Å²) in [6.45, 7) is 8.48. The molecule has 1 atom stereocenters. The lowest BCUT2D eigenvalue weighted by Gasteiger charge is -2.17. The lowest BCUT2D eigenvalue weighted by atomic mass is 9.98. The number of hydrogen-bond acceptors (Lipinski definition) is 3. The second-order valence-electron chi connectivity index (χ2n) is 4.98. The van der Waals surface area contributed by atoms with Crippen LogP contribution in [0.3, 0.4) is 0 Å². The molecule has 1 aromatic carbocycles. The molecule has 1 rings (SSSR count). The van der Waals surface area contributed by atoms with Crippen molar-refractivity contribution in [2.45, 2.75) is 27.7 Å². The zero-order chi connectivity index (χ0) is 13.9. The van der Waals surface area contributed by atoms with Crippen LogP contribution in [-0.2, 0) is 0 Å². The topological polar surface area (TPSA) is 55.2 Å². The third kappa shape index (κ3) is 3.42.